The molecular formula is C9H17N3O2S2. The van der Waals surface area contributed by atoms with Gasteiger partial charge in [-0.15, -0.1) is 0 Å². The molecule has 0 unspecified atom stereocenters. The van der Waals surface area contributed by atoms with Gasteiger partial charge in [0.1, 0.15) is 5.78 Å². The number of Topliss-reactive ketones (excluding diaryl/α,β-unsaturated/α-hetero) is 1. The van der Waals surface area contributed by atoms with Gasteiger partial charge in [-0.3, -0.25) is 9.59 Å². The topological polar surface area (TPSA) is 80.1 Å². The van der Waals surface area contributed by atoms with Gasteiger partial charge >= 0.3 is 0 Å². The first-order valence-corrected chi connectivity index (χ1v) is 7.22. The molecule has 3 N–H and O–H groups in total. The predicted octanol–water partition coefficient (Wildman–Crippen LogP) is -0.0621. The molecule has 5 nitrogen and oxygen atoms in total. The fourth-order valence-corrected chi connectivity index (χ4v) is 2.57. The van der Waals surface area contributed by atoms with Gasteiger partial charge in [-0.2, -0.15) is 0 Å². The van der Waals surface area contributed by atoms with Crippen molar-refractivity contribution in [2.45, 2.75) is 23.6 Å². The monoisotopic (exact) mass is 263 g/mol. The molecule has 0 aromatic heterocycles. The van der Waals surface area contributed by atoms with Crippen molar-refractivity contribution >= 4 is 33.3 Å². The molecule has 1 amide bonds. The van der Waals surface area contributed by atoms with Gasteiger partial charge in [0.05, 0.1) is 6.04 Å². The lowest BCUT2D eigenvalue weighted by Crippen LogP contribution is -2.34. The average molecular weight is 263 g/mol. The number of nitrogens with one attached hydrogen (secondary N) is 3. The van der Waals surface area contributed by atoms with Gasteiger partial charge in [-0.1, -0.05) is 0 Å². The summed E-state index contributed by atoms with van der Waals surface area (Å²) in [6.45, 7) is 2.49. The largest absolute Gasteiger partial charge is 0.320 e. The molecule has 0 bridgehead atoms. The standard InChI is InChI=1S/C7H16N2O.C2HNOS2/c1-6(10)7(9-3)4-5-8-2;4-1-2(3-1)5-6-2/h7-9H,4-5H2,1-3H3;(H,3,4)/t7-;/m0./s1. The van der Waals surface area contributed by atoms with Crippen molar-refractivity contribution in [3.05, 3.63) is 0 Å². The van der Waals surface area contributed by atoms with E-state index in [9.17, 15) is 9.59 Å². The van der Waals surface area contributed by atoms with Crippen LogP contribution in [0.2, 0.25) is 0 Å². The van der Waals surface area contributed by atoms with E-state index in [2.05, 4.69) is 16.0 Å². The molecule has 1 atom stereocenters. The van der Waals surface area contributed by atoms with Crippen LogP contribution in [0.3, 0.4) is 0 Å². The highest BCUT2D eigenvalue weighted by molar-refractivity contribution is 8.94. The minimum Gasteiger partial charge on any atom is -0.320 e. The Morgan fingerprint density at radius 2 is 2.06 bits per heavy atom. The number of ketones is 1. The summed E-state index contributed by atoms with van der Waals surface area (Å²) in [5.41, 5.74) is 0. The van der Waals surface area contributed by atoms with Crippen LogP contribution in [0.5, 0.6) is 0 Å². The Hall–Kier alpha value is -0.240. The summed E-state index contributed by atoms with van der Waals surface area (Å²) in [4.78, 5) is 20.9. The maximum absolute atomic E-state index is 10.8. The summed E-state index contributed by atoms with van der Waals surface area (Å²) < 4.78 is -0.0972. The molecule has 0 radical (unpaired) electrons. The Balaban J connectivity index is 0.000000176. The zero-order chi connectivity index (χ0) is 12.2. The highest BCUT2D eigenvalue weighted by Crippen LogP contribution is 2.69. The fraction of sp³-hybridized carbons (Fsp3) is 0.778. The predicted molar refractivity (Wildman–Crippen MR) is 68.1 cm³/mol. The second-order valence-electron chi connectivity index (χ2n) is 3.58. The van der Waals surface area contributed by atoms with E-state index < -0.39 is 0 Å². The van der Waals surface area contributed by atoms with Crippen molar-refractivity contribution in [1.82, 2.24) is 16.0 Å². The molecule has 16 heavy (non-hydrogen) atoms. The molecule has 0 aliphatic carbocycles. The van der Waals surface area contributed by atoms with Crippen LogP contribution in [0.25, 0.3) is 0 Å². The van der Waals surface area contributed by atoms with E-state index in [0.717, 1.165) is 13.0 Å². The van der Waals surface area contributed by atoms with Crippen molar-refractivity contribution < 1.29 is 9.59 Å². The number of amides is 1. The molecule has 0 aromatic carbocycles. The second kappa shape index (κ2) is 5.90. The Labute approximate surface area is 103 Å². The summed E-state index contributed by atoms with van der Waals surface area (Å²) in [6, 6.07) is 0.0208. The molecule has 2 aliphatic heterocycles. The first-order chi connectivity index (χ1) is 7.55. The number of likely N-dealkylation sites (N-methyl/N-ethyl adjacent to an activating group) is 1. The quantitative estimate of drug-likeness (QED) is 0.476. The van der Waals surface area contributed by atoms with Crippen molar-refractivity contribution in [2.75, 3.05) is 20.6 Å². The molecule has 92 valence electrons. The van der Waals surface area contributed by atoms with Gasteiger partial charge in [0.15, 0.2) is 0 Å². The third-order valence-electron chi connectivity index (χ3n) is 2.29. The Morgan fingerprint density at radius 1 is 1.50 bits per heavy atom. The van der Waals surface area contributed by atoms with E-state index in [4.69, 9.17) is 0 Å². The van der Waals surface area contributed by atoms with Gasteiger partial charge in [0.25, 0.3) is 5.91 Å². The highest BCUT2D eigenvalue weighted by Gasteiger charge is 2.67. The highest BCUT2D eigenvalue weighted by atomic mass is 33.2. The molecule has 0 aromatic rings. The van der Waals surface area contributed by atoms with E-state index in [1.54, 1.807) is 28.5 Å². The van der Waals surface area contributed by atoms with Crippen LogP contribution in [0.4, 0.5) is 0 Å². The van der Waals surface area contributed by atoms with Crippen LogP contribution in [-0.4, -0.2) is 42.6 Å². The molecule has 2 saturated heterocycles. The zero-order valence-electron chi connectivity index (χ0n) is 9.62. The molecule has 1 spiro atoms. The third-order valence-corrected chi connectivity index (χ3v) is 4.86. The number of carbonyl (C=O) groups is 2. The van der Waals surface area contributed by atoms with Crippen LogP contribution in [0.15, 0.2) is 0 Å². The Bertz CT molecular complexity index is 282. The van der Waals surface area contributed by atoms with E-state index in [1.807, 2.05) is 14.1 Å². The van der Waals surface area contributed by atoms with E-state index in [0.29, 0.717) is 0 Å². The fourth-order valence-electron chi connectivity index (χ4n) is 1.12. The van der Waals surface area contributed by atoms with E-state index in [1.165, 1.54) is 0 Å². The lowest BCUT2D eigenvalue weighted by molar-refractivity contribution is -0.119. The number of hydrogen-bond acceptors (Lipinski definition) is 6. The van der Waals surface area contributed by atoms with Gasteiger partial charge < -0.3 is 16.0 Å². The summed E-state index contributed by atoms with van der Waals surface area (Å²) >= 11 is 0. The van der Waals surface area contributed by atoms with Gasteiger partial charge in [-0.05, 0) is 55.6 Å². The third kappa shape index (κ3) is 3.97. The normalized spacial score (nSPS) is 20.6. The second-order valence-corrected chi connectivity index (χ2v) is 6.40. The lowest BCUT2D eigenvalue weighted by Gasteiger charge is -2.10. The summed E-state index contributed by atoms with van der Waals surface area (Å²) in [5.74, 6) is 0.398. The number of rotatable bonds is 5. The SMILES string of the molecule is CNCC[C@H](NC)C(C)=O.O=C1NC12SS2. The van der Waals surface area contributed by atoms with Crippen LogP contribution >= 0.6 is 21.6 Å². The zero-order valence-corrected chi connectivity index (χ0v) is 11.3. The Morgan fingerprint density at radius 3 is 2.25 bits per heavy atom. The lowest BCUT2D eigenvalue weighted by atomic mass is 10.1. The first kappa shape index (κ1) is 13.8. The number of carbonyl (C=O) groups excluding carboxylic acids is 2. The maximum atomic E-state index is 10.8. The van der Waals surface area contributed by atoms with Crippen LogP contribution in [0, 0.1) is 0 Å². The smallest absolute Gasteiger partial charge is 0.271 e. The summed E-state index contributed by atoms with van der Waals surface area (Å²) in [7, 11) is 6.89. The van der Waals surface area contributed by atoms with Crippen LogP contribution < -0.4 is 16.0 Å². The van der Waals surface area contributed by atoms with Gasteiger partial charge in [0, 0.05) is 0 Å². The van der Waals surface area contributed by atoms with Crippen molar-refractivity contribution in [3.63, 3.8) is 0 Å². The molecule has 2 rings (SSSR count). The molecule has 7 heteroatoms. The van der Waals surface area contributed by atoms with Crippen molar-refractivity contribution in [2.24, 2.45) is 0 Å². The van der Waals surface area contributed by atoms with Gasteiger partial charge in [-0.25, -0.2) is 0 Å². The Kier molecular flexibility index (Phi) is 5.10. The summed E-state index contributed by atoms with van der Waals surface area (Å²) in [5, 5.41) is 8.61. The number of hydrogen-bond donors (Lipinski definition) is 3. The van der Waals surface area contributed by atoms with E-state index >= 15 is 0 Å². The van der Waals surface area contributed by atoms with E-state index in [-0.39, 0.29) is 21.9 Å². The molecule has 2 aliphatic rings. The molecule has 2 heterocycles. The first-order valence-electron chi connectivity index (χ1n) is 5.07. The van der Waals surface area contributed by atoms with Crippen molar-refractivity contribution in [1.29, 1.82) is 0 Å². The van der Waals surface area contributed by atoms with Gasteiger partial charge in [0.2, 0.25) is 4.20 Å². The summed E-state index contributed by atoms with van der Waals surface area (Å²) in [6.07, 6.45) is 0.863. The van der Waals surface area contributed by atoms with Crippen LogP contribution in [-0.2, 0) is 9.59 Å². The molecule has 0 saturated carbocycles. The average Bonchev–Trinajstić information content (AvgIpc) is 3.12. The van der Waals surface area contributed by atoms with Crippen molar-refractivity contribution in [3.8, 4) is 0 Å². The van der Waals surface area contributed by atoms with Crippen LogP contribution in [0.1, 0.15) is 13.3 Å². The minimum atomic E-state index is -0.0972. The minimum absolute atomic E-state index is 0.0208. The molecule has 2 fully saturated rings. The molecular weight excluding hydrogens is 246 g/mol. The maximum Gasteiger partial charge on any atom is 0.271 e.